The lowest BCUT2D eigenvalue weighted by Crippen LogP contribution is -2.21. The molecule has 7 nitrogen and oxygen atoms in total. The van der Waals surface area contributed by atoms with Crippen molar-refractivity contribution >= 4 is 49.0 Å². The number of ether oxygens (including phenoxy) is 3. The molecule has 0 aliphatic rings. The van der Waals surface area contributed by atoms with E-state index in [2.05, 4.69) is 50.8 Å². The molecule has 3 aromatic carbocycles. The second-order valence-electron chi connectivity index (χ2n) is 9.16. The van der Waals surface area contributed by atoms with Crippen LogP contribution < -0.4 is 19.8 Å². The molecule has 0 fully saturated rings. The van der Waals surface area contributed by atoms with Crippen LogP contribution >= 0.6 is 31.9 Å². The average molecular weight is 657 g/mol. The Morgan fingerprint density at radius 3 is 2.41 bits per heavy atom. The summed E-state index contributed by atoms with van der Waals surface area (Å²) in [4.78, 5) is 18.7. The molecule has 0 N–H and O–H groups in total. The van der Waals surface area contributed by atoms with Crippen molar-refractivity contribution < 1.29 is 14.2 Å². The van der Waals surface area contributed by atoms with Gasteiger partial charge in [-0.15, -0.1) is 0 Å². The average Bonchev–Trinajstić information content (AvgIpc) is 2.92. The highest BCUT2D eigenvalue weighted by Crippen LogP contribution is 2.42. The normalized spacial score (nSPS) is 11.5. The van der Waals surface area contributed by atoms with Gasteiger partial charge < -0.3 is 14.2 Å². The van der Waals surface area contributed by atoms with E-state index in [1.807, 2.05) is 57.2 Å². The Kier molecular flexibility index (Phi) is 9.12. The van der Waals surface area contributed by atoms with Gasteiger partial charge in [-0.1, -0.05) is 26.0 Å². The van der Waals surface area contributed by atoms with Crippen molar-refractivity contribution in [3.63, 3.8) is 0 Å². The summed E-state index contributed by atoms with van der Waals surface area (Å²) in [6, 6.07) is 13.1. The summed E-state index contributed by atoms with van der Waals surface area (Å²) < 4.78 is 20.1. The maximum Gasteiger partial charge on any atom is 0.282 e. The molecule has 4 rings (SSSR count). The molecule has 1 heterocycles. The third-order valence-electron chi connectivity index (χ3n) is 6.25. The second kappa shape index (κ2) is 12.3. The first-order valence-electron chi connectivity index (χ1n) is 12.7. The van der Waals surface area contributed by atoms with Gasteiger partial charge >= 0.3 is 0 Å². The van der Waals surface area contributed by atoms with E-state index in [0.717, 1.165) is 26.9 Å². The zero-order valence-corrected chi connectivity index (χ0v) is 26.0. The lowest BCUT2D eigenvalue weighted by atomic mass is 9.96. The van der Waals surface area contributed by atoms with Crippen LogP contribution in [0.3, 0.4) is 0 Å². The molecule has 0 saturated heterocycles. The second-order valence-corrected chi connectivity index (χ2v) is 10.8. The molecule has 39 heavy (non-hydrogen) atoms. The summed E-state index contributed by atoms with van der Waals surface area (Å²) in [6.07, 6.45) is 1.62. The van der Waals surface area contributed by atoms with Gasteiger partial charge in [-0.3, -0.25) is 4.79 Å². The third-order valence-corrected chi connectivity index (χ3v) is 8.39. The van der Waals surface area contributed by atoms with Crippen molar-refractivity contribution in [3.05, 3.63) is 78.5 Å². The molecule has 0 aliphatic heterocycles. The van der Waals surface area contributed by atoms with E-state index in [9.17, 15) is 4.79 Å². The van der Waals surface area contributed by atoms with Gasteiger partial charge in [-0.2, -0.15) is 9.78 Å². The third kappa shape index (κ3) is 5.75. The number of nitrogens with zero attached hydrogens (tertiary/aromatic N) is 3. The number of para-hydroxylation sites is 1. The Hall–Kier alpha value is -3.17. The summed E-state index contributed by atoms with van der Waals surface area (Å²) in [7, 11) is 1.66. The molecule has 0 atom stereocenters. The van der Waals surface area contributed by atoms with Crippen LogP contribution in [0.1, 0.15) is 50.3 Å². The summed E-state index contributed by atoms with van der Waals surface area (Å²) >= 11 is 7.26. The predicted octanol–water partition coefficient (Wildman–Crippen LogP) is 7.71. The molecule has 0 bridgehead atoms. The van der Waals surface area contributed by atoms with Crippen molar-refractivity contribution in [3.8, 4) is 28.6 Å². The zero-order valence-electron chi connectivity index (χ0n) is 22.8. The number of hydrogen-bond acceptors (Lipinski definition) is 6. The summed E-state index contributed by atoms with van der Waals surface area (Å²) in [6.45, 7) is 11.0. The molecular formula is C30H31Br2N3O4. The number of aromatic nitrogens is 2. The molecule has 0 amide bonds. The lowest BCUT2D eigenvalue weighted by molar-refractivity contribution is 0.286. The first-order valence-corrected chi connectivity index (χ1v) is 14.3. The van der Waals surface area contributed by atoms with E-state index in [1.54, 1.807) is 19.4 Å². The Morgan fingerprint density at radius 1 is 1.03 bits per heavy atom. The number of halogens is 2. The van der Waals surface area contributed by atoms with Gasteiger partial charge in [0.2, 0.25) is 0 Å². The van der Waals surface area contributed by atoms with E-state index in [4.69, 9.17) is 19.2 Å². The van der Waals surface area contributed by atoms with Crippen molar-refractivity contribution in [1.29, 1.82) is 0 Å². The zero-order chi connectivity index (χ0) is 28.3. The van der Waals surface area contributed by atoms with Gasteiger partial charge in [0, 0.05) is 15.6 Å². The smallest absolute Gasteiger partial charge is 0.282 e. The van der Waals surface area contributed by atoms with E-state index in [0.29, 0.717) is 51.5 Å². The lowest BCUT2D eigenvalue weighted by Gasteiger charge is -2.17. The standard InChI is InChI=1S/C30H31Br2N3O4/c1-7-38-25-14-19(26(31)27(32)28(25)39-8-2)16-33-35-29(34-23-12-10-9-11-20(23)30(35)36)22-15-21(17(3)4)24(37-6)13-18(22)5/h9-17H,7-8H2,1-6H3. The largest absolute Gasteiger partial charge is 0.496 e. The topological polar surface area (TPSA) is 74.9 Å². The van der Waals surface area contributed by atoms with Gasteiger partial charge in [0.15, 0.2) is 17.3 Å². The Labute approximate surface area is 245 Å². The van der Waals surface area contributed by atoms with Crippen LogP contribution in [0, 0.1) is 6.92 Å². The van der Waals surface area contributed by atoms with Crippen LogP contribution in [0.25, 0.3) is 22.3 Å². The minimum atomic E-state index is -0.265. The molecule has 0 spiro atoms. The van der Waals surface area contributed by atoms with Crippen LogP contribution in [-0.2, 0) is 0 Å². The minimum absolute atomic E-state index is 0.206. The predicted molar refractivity (Wildman–Crippen MR) is 164 cm³/mol. The molecule has 9 heteroatoms. The van der Waals surface area contributed by atoms with Gasteiger partial charge in [0.1, 0.15) is 5.75 Å². The quantitative estimate of drug-likeness (QED) is 0.173. The van der Waals surface area contributed by atoms with Gasteiger partial charge in [0.25, 0.3) is 5.56 Å². The van der Waals surface area contributed by atoms with Crippen LogP contribution in [0.2, 0.25) is 0 Å². The fourth-order valence-corrected chi connectivity index (χ4v) is 5.27. The highest BCUT2D eigenvalue weighted by atomic mass is 79.9. The monoisotopic (exact) mass is 655 g/mol. The Balaban J connectivity index is 1.97. The molecule has 204 valence electrons. The number of rotatable bonds is 9. The Bertz CT molecular complexity index is 1610. The van der Waals surface area contributed by atoms with Crippen molar-refractivity contribution in [2.24, 2.45) is 5.10 Å². The summed E-state index contributed by atoms with van der Waals surface area (Å²) in [5, 5.41) is 5.16. The van der Waals surface area contributed by atoms with Crippen molar-refractivity contribution in [1.82, 2.24) is 9.66 Å². The molecule has 4 aromatic rings. The summed E-state index contributed by atoms with van der Waals surface area (Å²) in [5.41, 5.74) is 3.80. The Morgan fingerprint density at radius 2 is 1.74 bits per heavy atom. The van der Waals surface area contributed by atoms with Gasteiger partial charge in [-0.05, 0) is 100 Å². The van der Waals surface area contributed by atoms with Crippen LogP contribution in [0.4, 0.5) is 0 Å². The van der Waals surface area contributed by atoms with E-state index in [1.165, 1.54) is 4.68 Å². The minimum Gasteiger partial charge on any atom is -0.496 e. The molecule has 0 unspecified atom stereocenters. The van der Waals surface area contributed by atoms with E-state index >= 15 is 0 Å². The highest BCUT2D eigenvalue weighted by molar-refractivity contribution is 9.13. The van der Waals surface area contributed by atoms with Crippen LogP contribution in [0.5, 0.6) is 17.2 Å². The maximum atomic E-state index is 13.8. The fourth-order valence-electron chi connectivity index (χ4n) is 4.33. The van der Waals surface area contributed by atoms with Gasteiger partial charge in [0.05, 0.1) is 41.9 Å². The number of hydrogen-bond donors (Lipinski definition) is 0. The number of aryl methyl sites for hydroxylation is 1. The number of methoxy groups -OCH3 is 1. The molecule has 0 saturated carbocycles. The first-order chi connectivity index (χ1) is 18.7. The van der Waals surface area contributed by atoms with Crippen molar-refractivity contribution in [2.45, 2.75) is 40.5 Å². The van der Waals surface area contributed by atoms with E-state index < -0.39 is 0 Å². The van der Waals surface area contributed by atoms with Crippen molar-refractivity contribution in [2.75, 3.05) is 20.3 Å². The first kappa shape index (κ1) is 28.8. The number of fused-ring (bicyclic) bond motifs is 1. The molecule has 0 aliphatic carbocycles. The number of benzene rings is 3. The molecular weight excluding hydrogens is 626 g/mol. The molecule has 1 aromatic heterocycles. The van der Waals surface area contributed by atoms with Gasteiger partial charge in [-0.25, -0.2) is 4.98 Å². The SMILES string of the molecule is CCOc1cc(C=Nn2c(-c3cc(C(C)C)c(OC)cc3C)nc3ccccc3c2=O)c(Br)c(Br)c1OCC. The maximum absolute atomic E-state index is 13.8. The van der Waals surface area contributed by atoms with Crippen LogP contribution in [-0.4, -0.2) is 36.2 Å². The fraction of sp³-hybridized carbons (Fsp3) is 0.300. The highest BCUT2D eigenvalue weighted by Gasteiger charge is 2.20. The summed E-state index contributed by atoms with van der Waals surface area (Å²) in [5.74, 6) is 2.63. The van der Waals surface area contributed by atoms with E-state index in [-0.39, 0.29) is 11.5 Å². The molecule has 0 radical (unpaired) electrons. The van der Waals surface area contributed by atoms with Crippen LogP contribution in [0.15, 0.2) is 61.3 Å².